The Morgan fingerprint density at radius 3 is 3.00 bits per heavy atom. The number of carbonyl (C=O) groups is 1. The van der Waals surface area contributed by atoms with Crippen molar-refractivity contribution < 1.29 is 4.79 Å². The van der Waals surface area contributed by atoms with Crippen molar-refractivity contribution in [1.82, 2.24) is 10.2 Å². The molecule has 0 aromatic rings. The number of nitrogens with one attached hydrogen (secondary N) is 1. The van der Waals surface area contributed by atoms with Gasteiger partial charge in [-0.15, -0.1) is 0 Å². The minimum Gasteiger partial charge on any atom is -0.329 e. The van der Waals surface area contributed by atoms with Crippen molar-refractivity contribution in [2.75, 3.05) is 25.2 Å². The van der Waals surface area contributed by atoms with Gasteiger partial charge in [-0.3, -0.25) is 10.1 Å². The average molecular weight is 230 g/mol. The Morgan fingerprint density at radius 2 is 2.33 bits per heavy atom. The lowest BCUT2D eigenvalue weighted by Crippen LogP contribution is -2.31. The monoisotopic (exact) mass is 230 g/mol. The van der Waals surface area contributed by atoms with E-state index >= 15 is 0 Å². The van der Waals surface area contributed by atoms with Crippen LogP contribution in [0.15, 0.2) is 0 Å². The van der Waals surface area contributed by atoms with E-state index in [2.05, 4.69) is 18.5 Å². The Labute approximate surface area is 97.0 Å². The molecule has 1 rings (SSSR count). The van der Waals surface area contributed by atoms with Gasteiger partial charge in [0.25, 0.3) is 0 Å². The molecule has 1 heterocycles. The lowest BCUT2D eigenvalue weighted by molar-refractivity contribution is -0.129. The molecule has 1 unspecified atom stereocenters. The van der Waals surface area contributed by atoms with E-state index in [4.69, 9.17) is 0 Å². The van der Waals surface area contributed by atoms with E-state index in [0.29, 0.717) is 5.91 Å². The van der Waals surface area contributed by atoms with Crippen molar-refractivity contribution in [3.8, 4) is 0 Å². The highest BCUT2D eigenvalue weighted by molar-refractivity contribution is 7.98. The van der Waals surface area contributed by atoms with Crippen molar-refractivity contribution >= 4 is 17.7 Å². The summed E-state index contributed by atoms with van der Waals surface area (Å²) in [6.07, 6.45) is 6.51. The van der Waals surface area contributed by atoms with E-state index in [1.54, 1.807) is 0 Å². The van der Waals surface area contributed by atoms with Crippen LogP contribution in [0.25, 0.3) is 0 Å². The van der Waals surface area contributed by atoms with Gasteiger partial charge in [0, 0.05) is 6.54 Å². The summed E-state index contributed by atoms with van der Waals surface area (Å²) in [6, 6.07) is 0.0931. The van der Waals surface area contributed by atoms with Gasteiger partial charge in [-0.1, -0.05) is 13.3 Å². The summed E-state index contributed by atoms with van der Waals surface area (Å²) in [4.78, 5) is 13.8. The standard InChI is InChI=1S/C11H22N2OS/c1-3-6-10-11(14)13(9-12-10)7-4-5-8-15-2/h10,12H,3-9H2,1-2H3. The summed E-state index contributed by atoms with van der Waals surface area (Å²) < 4.78 is 0. The minimum absolute atomic E-state index is 0.0931. The van der Waals surface area contributed by atoms with Gasteiger partial charge in [0.2, 0.25) is 5.91 Å². The zero-order chi connectivity index (χ0) is 11.1. The summed E-state index contributed by atoms with van der Waals surface area (Å²) in [6.45, 7) is 3.80. The fourth-order valence-electron chi connectivity index (χ4n) is 1.86. The molecule has 1 fully saturated rings. The van der Waals surface area contributed by atoms with E-state index in [1.807, 2.05) is 16.7 Å². The molecule has 1 amide bonds. The zero-order valence-electron chi connectivity index (χ0n) is 9.79. The van der Waals surface area contributed by atoms with Crippen molar-refractivity contribution in [3.05, 3.63) is 0 Å². The lowest BCUT2D eigenvalue weighted by Gasteiger charge is -2.14. The number of hydrogen-bond donors (Lipinski definition) is 1. The first-order chi connectivity index (χ1) is 7.29. The predicted octanol–water partition coefficient (Wildman–Crippen LogP) is 1.69. The highest BCUT2D eigenvalue weighted by Gasteiger charge is 2.29. The van der Waals surface area contributed by atoms with Gasteiger partial charge in [0.1, 0.15) is 0 Å². The molecule has 0 spiro atoms. The highest BCUT2D eigenvalue weighted by Crippen LogP contribution is 2.10. The van der Waals surface area contributed by atoms with Gasteiger partial charge in [0.05, 0.1) is 12.7 Å². The van der Waals surface area contributed by atoms with Gasteiger partial charge in [-0.25, -0.2) is 0 Å². The molecule has 0 radical (unpaired) electrons. The summed E-state index contributed by atoms with van der Waals surface area (Å²) in [7, 11) is 0. The largest absolute Gasteiger partial charge is 0.329 e. The number of nitrogens with zero attached hydrogens (tertiary/aromatic N) is 1. The molecule has 88 valence electrons. The third-order valence-corrected chi connectivity index (χ3v) is 3.44. The van der Waals surface area contributed by atoms with Crippen LogP contribution in [0.5, 0.6) is 0 Å². The van der Waals surface area contributed by atoms with Gasteiger partial charge in [-0.2, -0.15) is 11.8 Å². The van der Waals surface area contributed by atoms with E-state index in [0.717, 1.165) is 32.5 Å². The summed E-state index contributed by atoms with van der Waals surface area (Å²) in [5.74, 6) is 1.51. The quantitative estimate of drug-likeness (QED) is 0.676. The maximum Gasteiger partial charge on any atom is 0.240 e. The lowest BCUT2D eigenvalue weighted by atomic mass is 10.1. The Hall–Kier alpha value is -0.220. The second-order valence-corrected chi connectivity index (χ2v) is 4.99. The molecule has 1 saturated heterocycles. The van der Waals surface area contributed by atoms with Crippen LogP contribution in [-0.2, 0) is 4.79 Å². The van der Waals surface area contributed by atoms with Crippen LogP contribution in [0, 0.1) is 0 Å². The number of rotatable bonds is 7. The topological polar surface area (TPSA) is 32.3 Å². The SMILES string of the molecule is CCCC1NCN(CCCCSC)C1=O. The van der Waals surface area contributed by atoms with E-state index in [1.165, 1.54) is 12.2 Å². The first-order valence-electron chi connectivity index (χ1n) is 5.80. The third-order valence-electron chi connectivity index (χ3n) is 2.74. The minimum atomic E-state index is 0.0931. The molecule has 1 N–H and O–H groups in total. The second-order valence-electron chi connectivity index (χ2n) is 4.01. The van der Waals surface area contributed by atoms with Crippen LogP contribution < -0.4 is 5.32 Å². The van der Waals surface area contributed by atoms with Crippen LogP contribution in [0.4, 0.5) is 0 Å². The number of carbonyl (C=O) groups excluding carboxylic acids is 1. The molecule has 1 aliphatic heterocycles. The van der Waals surface area contributed by atoms with Crippen molar-refractivity contribution in [2.45, 2.75) is 38.6 Å². The molecule has 0 saturated carbocycles. The summed E-state index contributed by atoms with van der Waals surface area (Å²) >= 11 is 1.87. The second kappa shape index (κ2) is 7.12. The fourth-order valence-corrected chi connectivity index (χ4v) is 2.35. The van der Waals surface area contributed by atoms with Crippen LogP contribution in [0.3, 0.4) is 0 Å². The predicted molar refractivity (Wildman–Crippen MR) is 66.0 cm³/mol. The van der Waals surface area contributed by atoms with Crippen LogP contribution >= 0.6 is 11.8 Å². The Bertz CT molecular complexity index is 199. The number of thioether (sulfide) groups is 1. The van der Waals surface area contributed by atoms with Crippen molar-refractivity contribution in [2.24, 2.45) is 0 Å². The van der Waals surface area contributed by atoms with E-state index < -0.39 is 0 Å². The normalized spacial score (nSPS) is 21.3. The number of unbranched alkanes of at least 4 members (excludes halogenated alkanes) is 1. The first kappa shape index (κ1) is 12.8. The molecular formula is C11H22N2OS. The molecule has 1 atom stereocenters. The van der Waals surface area contributed by atoms with Gasteiger partial charge < -0.3 is 4.90 Å². The fraction of sp³-hybridized carbons (Fsp3) is 0.909. The smallest absolute Gasteiger partial charge is 0.240 e. The van der Waals surface area contributed by atoms with Crippen molar-refractivity contribution in [3.63, 3.8) is 0 Å². The molecule has 4 heteroatoms. The van der Waals surface area contributed by atoms with E-state index in [9.17, 15) is 4.79 Å². The maximum absolute atomic E-state index is 11.8. The average Bonchev–Trinajstić information content (AvgIpc) is 2.57. The highest BCUT2D eigenvalue weighted by atomic mass is 32.2. The molecule has 0 aromatic carbocycles. The maximum atomic E-state index is 11.8. The zero-order valence-corrected chi connectivity index (χ0v) is 10.6. The summed E-state index contributed by atoms with van der Waals surface area (Å²) in [5.41, 5.74) is 0. The van der Waals surface area contributed by atoms with Gasteiger partial charge in [0.15, 0.2) is 0 Å². The molecule has 3 nitrogen and oxygen atoms in total. The Morgan fingerprint density at radius 1 is 1.53 bits per heavy atom. The van der Waals surface area contributed by atoms with Crippen LogP contribution in [-0.4, -0.2) is 42.1 Å². The molecule has 0 aromatic heterocycles. The third kappa shape index (κ3) is 4.03. The molecule has 1 aliphatic rings. The molecule has 0 aliphatic carbocycles. The number of hydrogen-bond acceptors (Lipinski definition) is 3. The Balaban J connectivity index is 2.18. The Kier molecular flexibility index (Phi) is 6.10. The number of amides is 1. The first-order valence-corrected chi connectivity index (χ1v) is 7.20. The molecule has 15 heavy (non-hydrogen) atoms. The van der Waals surface area contributed by atoms with Crippen molar-refractivity contribution in [1.29, 1.82) is 0 Å². The van der Waals surface area contributed by atoms with Crippen LogP contribution in [0.1, 0.15) is 32.6 Å². The van der Waals surface area contributed by atoms with Crippen LogP contribution in [0.2, 0.25) is 0 Å². The molecular weight excluding hydrogens is 208 g/mol. The van der Waals surface area contributed by atoms with E-state index in [-0.39, 0.29) is 6.04 Å². The van der Waals surface area contributed by atoms with Gasteiger partial charge in [-0.05, 0) is 31.3 Å². The summed E-state index contributed by atoms with van der Waals surface area (Å²) in [5, 5.41) is 3.27. The van der Waals surface area contributed by atoms with Gasteiger partial charge >= 0.3 is 0 Å². The molecule has 0 bridgehead atoms.